The number of benzene rings is 2. The minimum Gasteiger partial charge on any atom is -0.365 e. The number of nitriles is 1. The zero-order valence-corrected chi connectivity index (χ0v) is 21.4. The highest BCUT2D eigenvalue weighted by Gasteiger charge is 2.46. The van der Waals surface area contributed by atoms with E-state index in [1.807, 2.05) is 29.2 Å². The molecule has 1 saturated heterocycles. The zero-order chi connectivity index (χ0) is 26.1. The van der Waals surface area contributed by atoms with Crippen molar-refractivity contribution in [2.24, 2.45) is 11.7 Å². The minimum absolute atomic E-state index is 0.0564. The highest BCUT2D eigenvalue weighted by Crippen LogP contribution is 2.49. The number of carbonyl (C=O) groups excluding carboxylic acids is 3. The molecule has 1 aliphatic heterocycles. The summed E-state index contributed by atoms with van der Waals surface area (Å²) in [5.74, 6) is -0.813. The first-order valence-electron chi connectivity index (χ1n) is 12.0. The Morgan fingerprint density at radius 3 is 2.51 bits per heavy atom. The van der Waals surface area contributed by atoms with Crippen molar-refractivity contribution in [3.63, 3.8) is 0 Å². The van der Waals surface area contributed by atoms with E-state index in [0.717, 1.165) is 12.8 Å². The number of carbonyl (C=O) groups is 3. The summed E-state index contributed by atoms with van der Waals surface area (Å²) in [6.45, 7) is 1.25. The molecule has 3 aromatic rings. The smallest absolute Gasteiger partial charge is 0.260 e. The van der Waals surface area contributed by atoms with E-state index in [1.54, 1.807) is 18.2 Å². The van der Waals surface area contributed by atoms with Gasteiger partial charge < -0.3 is 16.0 Å². The lowest BCUT2D eigenvalue weighted by Crippen LogP contribution is -2.38. The predicted molar refractivity (Wildman–Crippen MR) is 141 cm³/mol. The van der Waals surface area contributed by atoms with Gasteiger partial charge in [-0.15, -0.1) is 11.3 Å². The third-order valence-corrected chi connectivity index (χ3v) is 8.45. The molecule has 2 heterocycles. The Bertz CT molecular complexity index is 1410. The number of amides is 3. The van der Waals surface area contributed by atoms with Crippen molar-refractivity contribution in [1.29, 1.82) is 5.26 Å². The van der Waals surface area contributed by atoms with Gasteiger partial charge in [-0.3, -0.25) is 14.4 Å². The number of aromatic nitrogens is 1. The fraction of sp³-hybridized carbons (Fsp3) is 0.296. The Morgan fingerprint density at radius 1 is 1.14 bits per heavy atom. The summed E-state index contributed by atoms with van der Waals surface area (Å²) in [7, 11) is 0. The second-order valence-corrected chi connectivity index (χ2v) is 10.8. The number of likely N-dealkylation sites (tertiary alicyclic amines) is 1. The van der Waals surface area contributed by atoms with E-state index < -0.39 is 5.91 Å². The van der Waals surface area contributed by atoms with Crippen LogP contribution < -0.4 is 11.1 Å². The van der Waals surface area contributed by atoms with E-state index in [-0.39, 0.29) is 23.7 Å². The van der Waals surface area contributed by atoms with Gasteiger partial charge in [0.15, 0.2) is 0 Å². The summed E-state index contributed by atoms with van der Waals surface area (Å²) in [5, 5.41) is 12.9. The Balaban J connectivity index is 1.20. The van der Waals surface area contributed by atoms with E-state index >= 15 is 0 Å². The predicted octanol–water partition coefficient (Wildman–Crippen LogP) is 4.53. The molecule has 3 N–H and O–H groups in total. The maximum Gasteiger partial charge on any atom is 0.260 e. The third kappa shape index (κ3) is 5.36. The van der Waals surface area contributed by atoms with Gasteiger partial charge in [0, 0.05) is 30.5 Å². The van der Waals surface area contributed by atoms with E-state index in [0.29, 0.717) is 57.1 Å². The number of nitrogens with one attached hydrogen (secondary N) is 1. The Hall–Kier alpha value is -3.74. The first-order chi connectivity index (χ1) is 17.8. The summed E-state index contributed by atoms with van der Waals surface area (Å²) in [6.07, 6.45) is 3.74. The van der Waals surface area contributed by atoms with Crippen molar-refractivity contribution in [3.8, 4) is 6.07 Å². The Kier molecular flexibility index (Phi) is 6.96. The standard InChI is InChI=1S/C27H24ClN5O3S/c28-21-6-5-18(27(36)33-9-7-17(8-10-33)16-3-1-15(13-29)2-4-16)11-22(21)32-25(35)19-12-20(19)26-31-14-23(37-26)24(30)34/h1-6,11,14,17,19-20H,7-10,12H2,(H2,30,34)(H,32,35). The van der Waals surface area contributed by atoms with Crippen LogP contribution in [0.4, 0.5) is 5.69 Å². The maximum atomic E-state index is 13.2. The molecule has 188 valence electrons. The van der Waals surface area contributed by atoms with Crippen LogP contribution in [0.1, 0.15) is 67.3 Å². The van der Waals surface area contributed by atoms with Crippen LogP contribution in [0.25, 0.3) is 0 Å². The van der Waals surface area contributed by atoms with E-state index in [2.05, 4.69) is 16.4 Å². The molecule has 2 atom stereocenters. The van der Waals surface area contributed by atoms with Crippen molar-refractivity contribution in [1.82, 2.24) is 9.88 Å². The fourth-order valence-electron chi connectivity index (χ4n) is 4.74. The number of piperidine rings is 1. The number of rotatable bonds is 6. The Labute approximate surface area is 223 Å². The molecular weight excluding hydrogens is 510 g/mol. The summed E-state index contributed by atoms with van der Waals surface area (Å²) in [4.78, 5) is 43.8. The molecule has 1 aliphatic carbocycles. The first kappa shape index (κ1) is 24.9. The van der Waals surface area contributed by atoms with Gasteiger partial charge in [-0.1, -0.05) is 23.7 Å². The van der Waals surface area contributed by atoms with Crippen LogP contribution in [0.15, 0.2) is 48.7 Å². The van der Waals surface area contributed by atoms with Crippen molar-refractivity contribution in [2.45, 2.75) is 31.1 Å². The minimum atomic E-state index is -0.530. The SMILES string of the molecule is N#Cc1ccc(C2CCN(C(=O)c3ccc(Cl)c(NC(=O)C4CC4c4ncc(C(N)=O)s4)c3)CC2)cc1. The molecule has 1 saturated carbocycles. The fourth-order valence-corrected chi connectivity index (χ4v) is 5.85. The molecule has 0 spiro atoms. The van der Waals surface area contributed by atoms with Gasteiger partial charge in [0.25, 0.3) is 11.8 Å². The van der Waals surface area contributed by atoms with Crippen molar-refractivity contribution in [3.05, 3.63) is 80.3 Å². The van der Waals surface area contributed by atoms with Crippen LogP contribution >= 0.6 is 22.9 Å². The van der Waals surface area contributed by atoms with Gasteiger partial charge in [-0.05, 0) is 61.1 Å². The normalized spacial score (nSPS) is 19.2. The molecule has 2 fully saturated rings. The molecule has 37 heavy (non-hydrogen) atoms. The molecule has 2 aliphatic rings. The molecular formula is C27H24ClN5O3S. The number of nitrogens with zero attached hydrogens (tertiary/aromatic N) is 3. The second-order valence-electron chi connectivity index (χ2n) is 9.36. The van der Waals surface area contributed by atoms with Crippen molar-refractivity contribution < 1.29 is 14.4 Å². The van der Waals surface area contributed by atoms with Gasteiger partial charge in [0.1, 0.15) is 4.88 Å². The average Bonchev–Trinajstić information content (AvgIpc) is 3.57. The van der Waals surface area contributed by atoms with Gasteiger partial charge in [-0.25, -0.2) is 4.98 Å². The quantitative estimate of drug-likeness (QED) is 0.481. The van der Waals surface area contributed by atoms with Gasteiger partial charge >= 0.3 is 0 Å². The molecule has 2 unspecified atom stereocenters. The van der Waals surface area contributed by atoms with Gasteiger partial charge in [0.05, 0.1) is 33.5 Å². The van der Waals surface area contributed by atoms with Crippen LogP contribution in [-0.2, 0) is 4.79 Å². The van der Waals surface area contributed by atoms with Crippen LogP contribution in [0.3, 0.4) is 0 Å². The number of anilines is 1. The van der Waals surface area contributed by atoms with Crippen molar-refractivity contribution in [2.75, 3.05) is 18.4 Å². The summed E-state index contributed by atoms with van der Waals surface area (Å²) >= 11 is 7.54. The number of thiazole rings is 1. The molecule has 1 aromatic heterocycles. The maximum absolute atomic E-state index is 13.2. The third-order valence-electron chi connectivity index (χ3n) is 6.98. The van der Waals surface area contributed by atoms with Crippen LogP contribution in [0, 0.1) is 17.2 Å². The van der Waals surface area contributed by atoms with Gasteiger partial charge in [-0.2, -0.15) is 5.26 Å². The average molecular weight is 534 g/mol. The second kappa shape index (κ2) is 10.3. The summed E-state index contributed by atoms with van der Waals surface area (Å²) in [6, 6.07) is 14.7. The van der Waals surface area contributed by atoms with Crippen LogP contribution in [0.2, 0.25) is 5.02 Å². The topological polar surface area (TPSA) is 129 Å². The number of halogens is 1. The lowest BCUT2D eigenvalue weighted by Gasteiger charge is -2.32. The van der Waals surface area contributed by atoms with E-state index in [1.165, 1.54) is 23.1 Å². The monoisotopic (exact) mass is 533 g/mol. The number of hydrogen-bond acceptors (Lipinski definition) is 6. The van der Waals surface area contributed by atoms with E-state index in [4.69, 9.17) is 22.6 Å². The molecule has 0 radical (unpaired) electrons. The summed E-state index contributed by atoms with van der Waals surface area (Å²) in [5.41, 5.74) is 7.98. The molecule has 10 heteroatoms. The van der Waals surface area contributed by atoms with Crippen molar-refractivity contribution >= 4 is 46.3 Å². The summed E-state index contributed by atoms with van der Waals surface area (Å²) < 4.78 is 0. The highest BCUT2D eigenvalue weighted by molar-refractivity contribution is 7.13. The van der Waals surface area contributed by atoms with Crippen LogP contribution in [-0.4, -0.2) is 40.7 Å². The number of primary amides is 1. The molecule has 3 amide bonds. The Morgan fingerprint density at radius 2 is 1.86 bits per heavy atom. The number of nitrogens with two attached hydrogens (primary N) is 1. The van der Waals surface area contributed by atoms with Crippen LogP contribution in [0.5, 0.6) is 0 Å². The number of hydrogen-bond donors (Lipinski definition) is 2. The van der Waals surface area contributed by atoms with E-state index in [9.17, 15) is 14.4 Å². The zero-order valence-electron chi connectivity index (χ0n) is 19.8. The largest absolute Gasteiger partial charge is 0.365 e. The van der Waals surface area contributed by atoms with Gasteiger partial charge in [0.2, 0.25) is 5.91 Å². The lowest BCUT2D eigenvalue weighted by molar-refractivity contribution is -0.117. The molecule has 2 aromatic carbocycles. The highest BCUT2D eigenvalue weighted by atomic mass is 35.5. The first-order valence-corrected chi connectivity index (χ1v) is 13.2. The molecule has 8 nitrogen and oxygen atoms in total. The molecule has 0 bridgehead atoms. The molecule has 5 rings (SSSR count). The lowest BCUT2D eigenvalue weighted by atomic mass is 9.89.